The van der Waals surface area contributed by atoms with E-state index in [4.69, 9.17) is 9.90 Å². The smallest absolute Gasteiger partial charge is 0.475 e. The van der Waals surface area contributed by atoms with Crippen molar-refractivity contribution in [3.8, 4) is 16.9 Å². The summed E-state index contributed by atoms with van der Waals surface area (Å²) < 4.78 is 48.6. The van der Waals surface area contributed by atoms with Gasteiger partial charge in [-0.15, -0.1) is 0 Å². The summed E-state index contributed by atoms with van der Waals surface area (Å²) in [4.78, 5) is 25.4. The summed E-state index contributed by atoms with van der Waals surface area (Å²) in [5.41, 5.74) is 3.74. The molecule has 0 saturated carbocycles. The Morgan fingerprint density at radius 2 is 1.59 bits per heavy atom. The van der Waals surface area contributed by atoms with Crippen molar-refractivity contribution in [3.63, 3.8) is 0 Å². The summed E-state index contributed by atoms with van der Waals surface area (Å²) in [7, 11) is 0. The predicted molar refractivity (Wildman–Crippen MR) is 126 cm³/mol. The molecule has 0 aliphatic rings. The minimum atomic E-state index is -5.08. The number of nitrogens with zero attached hydrogens (tertiary/aromatic N) is 4. The molecule has 0 unspecified atom stereocenters. The molecule has 8 nitrogen and oxygen atoms in total. The first-order valence-electron chi connectivity index (χ1n) is 10.6. The lowest BCUT2D eigenvalue weighted by molar-refractivity contribution is -0.192. The largest absolute Gasteiger partial charge is 0.490 e. The Bertz CT molecular complexity index is 1540. The van der Waals surface area contributed by atoms with Crippen LogP contribution < -0.4 is 5.32 Å². The number of carboxylic acids is 1. The van der Waals surface area contributed by atoms with Crippen molar-refractivity contribution in [3.05, 3.63) is 103 Å². The number of pyridine rings is 2. The third kappa shape index (κ3) is 5.99. The van der Waals surface area contributed by atoms with E-state index in [0.29, 0.717) is 11.4 Å². The number of halogens is 4. The summed E-state index contributed by atoms with van der Waals surface area (Å²) in [6.45, 7) is 0. The van der Waals surface area contributed by atoms with Crippen molar-refractivity contribution >= 4 is 23.1 Å². The van der Waals surface area contributed by atoms with Crippen LogP contribution in [0.1, 0.15) is 10.5 Å². The summed E-state index contributed by atoms with van der Waals surface area (Å²) in [6, 6.07) is 19.4. The van der Waals surface area contributed by atoms with E-state index < -0.39 is 12.1 Å². The molecule has 0 radical (unpaired) electrons. The SMILES string of the molecule is O=C(Nc1cccnc1)c1ccn(-c2ccc3ccc(-c4ccc(F)cc4)cn23)n1.O=C(O)C(F)(F)F. The van der Waals surface area contributed by atoms with Gasteiger partial charge in [-0.3, -0.25) is 9.78 Å². The Balaban J connectivity index is 0.000000405. The average molecular weight is 511 g/mol. The van der Waals surface area contributed by atoms with Crippen molar-refractivity contribution < 1.29 is 32.3 Å². The second-order valence-corrected chi connectivity index (χ2v) is 7.56. The Kier molecular flexibility index (Phi) is 7.00. The number of carboxylic acid groups (broad SMARTS) is 1. The monoisotopic (exact) mass is 511 g/mol. The highest BCUT2D eigenvalue weighted by molar-refractivity contribution is 6.02. The van der Waals surface area contributed by atoms with E-state index in [1.165, 1.54) is 12.1 Å². The summed E-state index contributed by atoms with van der Waals surface area (Å²) in [5.74, 6) is -2.55. The maximum absolute atomic E-state index is 13.2. The van der Waals surface area contributed by atoms with E-state index >= 15 is 0 Å². The fourth-order valence-corrected chi connectivity index (χ4v) is 3.29. The lowest BCUT2D eigenvalue weighted by atomic mass is 10.1. The van der Waals surface area contributed by atoms with E-state index in [0.717, 1.165) is 22.5 Å². The number of nitrogens with one attached hydrogen (secondary N) is 1. The number of aliphatic carboxylic acids is 1. The molecule has 0 aliphatic carbocycles. The van der Waals surface area contributed by atoms with Crippen LogP contribution in [0.2, 0.25) is 0 Å². The first-order chi connectivity index (χ1) is 17.6. The van der Waals surface area contributed by atoms with Crippen LogP contribution in [0.4, 0.5) is 23.2 Å². The molecular formula is C25H17F4N5O3. The minimum absolute atomic E-state index is 0.268. The average Bonchev–Trinajstić information content (AvgIpc) is 3.52. The van der Waals surface area contributed by atoms with Gasteiger partial charge in [-0.1, -0.05) is 18.2 Å². The molecule has 37 heavy (non-hydrogen) atoms. The number of fused-ring (bicyclic) bond motifs is 1. The molecule has 0 bridgehead atoms. The topological polar surface area (TPSA) is 102 Å². The van der Waals surface area contributed by atoms with E-state index in [-0.39, 0.29) is 11.7 Å². The van der Waals surface area contributed by atoms with Crippen molar-refractivity contribution in [1.82, 2.24) is 19.2 Å². The molecule has 0 aliphatic heterocycles. The Labute approximate surface area is 206 Å². The van der Waals surface area contributed by atoms with Crippen molar-refractivity contribution in [2.45, 2.75) is 6.18 Å². The van der Waals surface area contributed by atoms with Crippen LogP contribution in [0, 0.1) is 5.82 Å². The highest BCUT2D eigenvalue weighted by Crippen LogP contribution is 2.23. The number of hydrogen-bond acceptors (Lipinski definition) is 4. The van der Waals surface area contributed by atoms with E-state index in [2.05, 4.69) is 15.4 Å². The molecule has 0 spiro atoms. The molecule has 5 rings (SSSR count). The van der Waals surface area contributed by atoms with E-state index in [1.807, 2.05) is 34.9 Å². The maximum Gasteiger partial charge on any atom is 0.490 e. The number of alkyl halides is 3. The van der Waals surface area contributed by atoms with Gasteiger partial charge in [0.25, 0.3) is 5.91 Å². The third-order valence-corrected chi connectivity index (χ3v) is 5.03. The van der Waals surface area contributed by atoms with Gasteiger partial charge in [-0.2, -0.15) is 18.3 Å². The maximum atomic E-state index is 13.2. The molecule has 5 aromatic rings. The molecule has 1 aromatic carbocycles. The lowest BCUT2D eigenvalue weighted by Gasteiger charge is -2.07. The molecule has 2 N–H and O–H groups in total. The zero-order chi connectivity index (χ0) is 26.6. The van der Waals surface area contributed by atoms with Gasteiger partial charge in [0.05, 0.1) is 11.9 Å². The normalized spacial score (nSPS) is 11.0. The lowest BCUT2D eigenvalue weighted by Crippen LogP contribution is -2.21. The number of benzene rings is 1. The van der Waals surface area contributed by atoms with Crippen molar-refractivity contribution in [2.24, 2.45) is 0 Å². The highest BCUT2D eigenvalue weighted by Gasteiger charge is 2.38. The minimum Gasteiger partial charge on any atom is -0.475 e. The van der Waals surface area contributed by atoms with Gasteiger partial charge < -0.3 is 14.8 Å². The predicted octanol–water partition coefficient (Wildman–Crippen LogP) is 5.21. The Morgan fingerprint density at radius 1 is 0.919 bits per heavy atom. The van der Waals surface area contributed by atoms with Gasteiger partial charge in [0, 0.05) is 24.1 Å². The van der Waals surface area contributed by atoms with Gasteiger partial charge in [0.15, 0.2) is 5.69 Å². The third-order valence-electron chi connectivity index (χ3n) is 5.03. The molecular weight excluding hydrogens is 494 g/mol. The number of amides is 1. The van der Waals surface area contributed by atoms with E-state index in [1.54, 1.807) is 53.6 Å². The van der Waals surface area contributed by atoms with Gasteiger partial charge in [-0.25, -0.2) is 13.9 Å². The second-order valence-electron chi connectivity index (χ2n) is 7.56. The van der Waals surface area contributed by atoms with Crippen molar-refractivity contribution in [2.75, 3.05) is 5.32 Å². The van der Waals surface area contributed by atoms with E-state index in [9.17, 15) is 22.4 Å². The Hall–Kier alpha value is -5.00. The molecule has 1 amide bonds. The fraction of sp³-hybridized carbons (Fsp3) is 0.0400. The van der Waals surface area contributed by atoms with Crippen LogP contribution in [0.25, 0.3) is 22.5 Å². The molecule has 0 saturated heterocycles. The summed E-state index contributed by atoms with van der Waals surface area (Å²) in [6.07, 6.45) is 1.84. The number of anilines is 1. The highest BCUT2D eigenvalue weighted by atomic mass is 19.4. The second kappa shape index (κ2) is 10.3. The number of carbonyl (C=O) groups excluding carboxylic acids is 1. The molecule has 12 heteroatoms. The number of hydrogen-bond donors (Lipinski definition) is 2. The zero-order valence-corrected chi connectivity index (χ0v) is 18.7. The molecule has 0 fully saturated rings. The molecule has 4 heterocycles. The first kappa shape index (κ1) is 25.1. The van der Waals surface area contributed by atoms with Gasteiger partial charge in [0.1, 0.15) is 11.6 Å². The molecule has 188 valence electrons. The zero-order valence-electron chi connectivity index (χ0n) is 18.7. The quantitative estimate of drug-likeness (QED) is 0.323. The van der Waals surface area contributed by atoms with Gasteiger partial charge in [0.2, 0.25) is 0 Å². The number of aromatic nitrogens is 4. The van der Waals surface area contributed by atoms with Gasteiger partial charge >= 0.3 is 12.1 Å². The van der Waals surface area contributed by atoms with Gasteiger partial charge in [-0.05, 0) is 59.7 Å². The van der Waals surface area contributed by atoms with Crippen LogP contribution in [-0.4, -0.2) is 42.3 Å². The van der Waals surface area contributed by atoms with Crippen molar-refractivity contribution in [1.29, 1.82) is 0 Å². The number of rotatable bonds is 4. The summed E-state index contributed by atoms with van der Waals surface area (Å²) >= 11 is 0. The molecule has 0 atom stereocenters. The van der Waals surface area contributed by atoms with Crippen LogP contribution >= 0.6 is 0 Å². The Morgan fingerprint density at radius 3 is 2.24 bits per heavy atom. The first-order valence-corrected chi connectivity index (χ1v) is 10.6. The van der Waals surface area contributed by atoms with Crippen LogP contribution in [0.15, 0.2) is 91.5 Å². The van der Waals surface area contributed by atoms with Crippen LogP contribution in [0.5, 0.6) is 0 Å². The fourth-order valence-electron chi connectivity index (χ4n) is 3.29. The van der Waals surface area contributed by atoms with Crippen LogP contribution in [0.3, 0.4) is 0 Å². The summed E-state index contributed by atoms with van der Waals surface area (Å²) in [5, 5.41) is 14.3. The number of carbonyl (C=O) groups is 2. The van der Waals surface area contributed by atoms with Crippen LogP contribution in [-0.2, 0) is 4.79 Å². The molecule has 4 aromatic heterocycles. The standard InChI is InChI=1S/C23H16FN5O.C2HF3O2/c24-18-6-3-16(4-7-18)17-5-8-20-9-10-22(28(20)15-17)29-13-11-21(27-29)23(30)26-19-2-1-12-25-14-19;3-2(4,5)1(6)7/h1-15H,(H,26,30);(H,6,7).